The van der Waals surface area contributed by atoms with Gasteiger partial charge in [-0.2, -0.15) is 0 Å². The van der Waals surface area contributed by atoms with Gasteiger partial charge in [0.2, 0.25) is 17.7 Å². The van der Waals surface area contributed by atoms with Gasteiger partial charge in [0.1, 0.15) is 18.1 Å². The van der Waals surface area contributed by atoms with E-state index in [1.807, 2.05) is 0 Å². The molecule has 0 saturated carbocycles. The van der Waals surface area contributed by atoms with Crippen LogP contribution in [0, 0.1) is 11.8 Å². The van der Waals surface area contributed by atoms with Gasteiger partial charge in [-0.1, -0.05) is 34.1 Å². The van der Waals surface area contributed by atoms with E-state index in [2.05, 4.69) is 16.0 Å². The minimum atomic E-state index is -1.51. The van der Waals surface area contributed by atoms with Crippen LogP contribution in [-0.2, 0) is 24.0 Å². The molecule has 0 fully saturated rings. The molecule has 0 spiro atoms. The lowest BCUT2D eigenvalue weighted by atomic mass is 9.98. The van der Waals surface area contributed by atoms with E-state index >= 15 is 0 Å². The molecule has 0 bridgehead atoms. The van der Waals surface area contributed by atoms with Crippen molar-refractivity contribution in [2.75, 3.05) is 0 Å². The van der Waals surface area contributed by atoms with Crippen molar-refractivity contribution in [2.45, 2.75) is 71.6 Å². The normalized spacial score (nSPS) is 16.1. The van der Waals surface area contributed by atoms with E-state index in [4.69, 9.17) is 10.8 Å². The van der Waals surface area contributed by atoms with E-state index in [9.17, 15) is 29.1 Å². The van der Waals surface area contributed by atoms with Gasteiger partial charge in [0.05, 0.1) is 12.5 Å². The summed E-state index contributed by atoms with van der Waals surface area (Å²) in [7, 11) is 0. The SMILES string of the molecule is CCC(C)C(NC(=O)C(CC(=O)O)NC(=O)C(NC(=O)C(C)N)C(C)C)C(=O)O. The van der Waals surface area contributed by atoms with Crippen molar-refractivity contribution in [3.05, 3.63) is 0 Å². The quantitative estimate of drug-likeness (QED) is 0.235. The molecule has 29 heavy (non-hydrogen) atoms. The van der Waals surface area contributed by atoms with Gasteiger partial charge >= 0.3 is 11.9 Å². The zero-order valence-electron chi connectivity index (χ0n) is 17.4. The summed E-state index contributed by atoms with van der Waals surface area (Å²) in [5.74, 6) is -5.70. The van der Waals surface area contributed by atoms with Crippen LogP contribution in [0.4, 0.5) is 0 Å². The summed E-state index contributed by atoms with van der Waals surface area (Å²) < 4.78 is 0. The van der Waals surface area contributed by atoms with Crippen LogP contribution in [0.25, 0.3) is 0 Å². The number of carboxylic acid groups (broad SMARTS) is 2. The molecule has 0 aromatic carbocycles. The second kappa shape index (κ2) is 12.0. The van der Waals surface area contributed by atoms with Crippen molar-refractivity contribution < 1.29 is 34.2 Å². The predicted octanol–water partition coefficient (Wildman–Crippen LogP) is -0.951. The van der Waals surface area contributed by atoms with Crippen LogP contribution < -0.4 is 21.7 Å². The van der Waals surface area contributed by atoms with Gasteiger partial charge in [-0.25, -0.2) is 4.79 Å². The monoisotopic (exact) mass is 416 g/mol. The number of carbonyl (C=O) groups excluding carboxylic acids is 3. The van der Waals surface area contributed by atoms with Gasteiger partial charge in [-0.3, -0.25) is 19.2 Å². The highest BCUT2D eigenvalue weighted by Crippen LogP contribution is 2.09. The summed E-state index contributed by atoms with van der Waals surface area (Å²) in [5.41, 5.74) is 5.48. The van der Waals surface area contributed by atoms with Gasteiger partial charge in [0.15, 0.2) is 0 Å². The Morgan fingerprint density at radius 1 is 0.828 bits per heavy atom. The number of carboxylic acids is 2. The van der Waals surface area contributed by atoms with Gasteiger partial charge in [0, 0.05) is 0 Å². The molecule has 3 amide bonds. The van der Waals surface area contributed by atoms with Crippen molar-refractivity contribution >= 4 is 29.7 Å². The van der Waals surface area contributed by atoms with Gasteiger partial charge in [0.25, 0.3) is 0 Å². The van der Waals surface area contributed by atoms with Crippen molar-refractivity contribution in [3.8, 4) is 0 Å². The number of hydrogen-bond acceptors (Lipinski definition) is 6. The summed E-state index contributed by atoms with van der Waals surface area (Å²) in [6, 6.07) is -4.67. The molecule has 5 atom stereocenters. The first-order valence-corrected chi connectivity index (χ1v) is 9.43. The highest BCUT2D eigenvalue weighted by molar-refractivity contribution is 5.95. The van der Waals surface area contributed by atoms with Crippen LogP contribution in [0.3, 0.4) is 0 Å². The maximum atomic E-state index is 12.6. The van der Waals surface area contributed by atoms with E-state index in [-0.39, 0.29) is 5.92 Å². The third-order valence-corrected chi connectivity index (χ3v) is 4.45. The summed E-state index contributed by atoms with van der Waals surface area (Å²) in [6.07, 6.45) is -0.289. The summed E-state index contributed by atoms with van der Waals surface area (Å²) in [4.78, 5) is 59.5. The maximum Gasteiger partial charge on any atom is 0.326 e. The van der Waals surface area contributed by atoms with E-state index < -0.39 is 66.2 Å². The molecule has 166 valence electrons. The van der Waals surface area contributed by atoms with Crippen LogP contribution in [0.5, 0.6) is 0 Å². The third kappa shape index (κ3) is 8.90. The number of hydrogen-bond donors (Lipinski definition) is 6. The molecule has 0 aliphatic carbocycles. The van der Waals surface area contributed by atoms with Crippen LogP contribution >= 0.6 is 0 Å². The molecule has 5 unspecified atom stereocenters. The molecule has 0 aromatic heterocycles. The highest BCUT2D eigenvalue weighted by atomic mass is 16.4. The first-order valence-electron chi connectivity index (χ1n) is 9.43. The Labute approximate surface area is 169 Å². The number of carbonyl (C=O) groups is 5. The van der Waals surface area contributed by atoms with Gasteiger partial charge in [-0.15, -0.1) is 0 Å². The van der Waals surface area contributed by atoms with Crippen molar-refractivity contribution in [3.63, 3.8) is 0 Å². The minimum absolute atomic E-state index is 0.377. The molecule has 11 nitrogen and oxygen atoms in total. The van der Waals surface area contributed by atoms with Crippen LogP contribution in [-0.4, -0.2) is 64.0 Å². The number of nitrogens with two attached hydrogens (primary N) is 1. The fourth-order valence-electron chi connectivity index (χ4n) is 2.40. The zero-order valence-corrected chi connectivity index (χ0v) is 17.4. The fraction of sp³-hybridized carbons (Fsp3) is 0.722. The molecular weight excluding hydrogens is 384 g/mol. The molecule has 0 aliphatic rings. The molecule has 7 N–H and O–H groups in total. The average Bonchev–Trinajstić information content (AvgIpc) is 2.61. The second-order valence-corrected chi connectivity index (χ2v) is 7.39. The molecule has 0 radical (unpaired) electrons. The Morgan fingerprint density at radius 3 is 1.72 bits per heavy atom. The van der Waals surface area contributed by atoms with Crippen LogP contribution in [0.15, 0.2) is 0 Å². The topological polar surface area (TPSA) is 188 Å². The minimum Gasteiger partial charge on any atom is -0.481 e. The van der Waals surface area contributed by atoms with E-state index in [0.29, 0.717) is 6.42 Å². The molecule has 0 aliphatic heterocycles. The molecule has 0 saturated heterocycles. The molecule has 0 heterocycles. The molecule has 0 aromatic rings. The second-order valence-electron chi connectivity index (χ2n) is 7.39. The molecular formula is C18H32N4O7. The van der Waals surface area contributed by atoms with Crippen molar-refractivity contribution in [1.82, 2.24) is 16.0 Å². The van der Waals surface area contributed by atoms with Gasteiger partial charge < -0.3 is 31.9 Å². The smallest absolute Gasteiger partial charge is 0.326 e. The van der Waals surface area contributed by atoms with E-state index in [0.717, 1.165) is 0 Å². The molecule has 11 heteroatoms. The standard InChI is InChI=1S/C18H32N4O7/c1-6-9(4)14(18(28)29)22-16(26)11(7-12(23)24)20-17(27)13(8(2)3)21-15(25)10(5)19/h8-11,13-14H,6-7,19H2,1-5H3,(H,20,27)(H,21,25)(H,22,26)(H,23,24)(H,28,29). The Kier molecular flexibility index (Phi) is 10.9. The maximum absolute atomic E-state index is 12.6. The predicted molar refractivity (Wildman–Crippen MR) is 104 cm³/mol. The fourth-order valence-corrected chi connectivity index (χ4v) is 2.40. The summed E-state index contributed by atoms with van der Waals surface area (Å²) in [6.45, 7) is 8.12. The third-order valence-electron chi connectivity index (χ3n) is 4.45. The van der Waals surface area contributed by atoms with Crippen LogP contribution in [0.2, 0.25) is 0 Å². The Hall–Kier alpha value is -2.69. The van der Waals surface area contributed by atoms with E-state index in [1.54, 1.807) is 27.7 Å². The average molecular weight is 416 g/mol. The number of amides is 3. The Bertz CT molecular complexity index is 621. The number of rotatable bonds is 12. The molecule has 0 rings (SSSR count). The Balaban J connectivity index is 5.46. The summed E-state index contributed by atoms with van der Waals surface area (Å²) >= 11 is 0. The lowest BCUT2D eigenvalue weighted by molar-refractivity contribution is -0.144. The van der Waals surface area contributed by atoms with Crippen LogP contribution in [0.1, 0.15) is 47.5 Å². The Morgan fingerprint density at radius 2 is 1.34 bits per heavy atom. The van der Waals surface area contributed by atoms with E-state index in [1.165, 1.54) is 6.92 Å². The first kappa shape index (κ1) is 26.3. The number of aliphatic carboxylic acids is 2. The highest BCUT2D eigenvalue weighted by Gasteiger charge is 2.33. The van der Waals surface area contributed by atoms with Crippen molar-refractivity contribution in [2.24, 2.45) is 17.6 Å². The summed E-state index contributed by atoms with van der Waals surface area (Å²) in [5, 5.41) is 25.4. The van der Waals surface area contributed by atoms with Gasteiger partial charge in [-0.05, 0) is 18.8 Å². The van der Waals surface area contributed by atoms with Crippen molar-refractivity contribution in [1.29, 1.82) is 0 Å². The number of nitrogens with one attached hydrogen (secondary N) is 3. The lowest BCUT2D eigenvalue weighted by Crippen LogP contribution is -2.59. The zero-order chi connectivity index (χ0) is 22.9. The largest absolute Gasteiger partial charge is 0.481 e. The first-order chi connectivity index (χ1) is 13.3. The lowest BCUT2D eigenvalue weighted by Gasteiger charge is -2.27.